The van der Waals surface area contributed by atoms with Gasteiger partial charge < -0.3 is 20.7 Å². The van der Waals surface area contributed by atoms with Crippen LogP contribution >= 0.6 is 24.0 Å². The molecule has 0 aromatic rings. The quantitative estimate of drug-likeness (QED) is 0.287. The maximum absolute atomic E-state index is 12.0. The fourth-order valence-electron chi connectivity index (χ4n) is 3.10. The van der Waals surface area contributed by atoms with Crippen molar-refractivity contribution in [3.05, 3.63) is 0 Å². The fourth-order valence-corrected chi connectivity index (χ4v) is 3.10. The first-order chi connectivity index (χ1) is 12.2. The molecule has 27 heavy (non-hydrogen) atoms. The first kappa shape index (κ1) is 26.2. The molecule has 1 saturated heterocycles. The van der Waals surface area contributed by atoms with Crippen LogP contribution in [0.3, 0.4) is 0 Å². The number of nitrogens with one attached hydrogen (secondary N) is 3. The fraction of sp³-hybridized carbons (Fsp3) is 0.895. The second-order valence-electron chi connectivity index (χ2n) is 8.26. The number of nitrogens with zero attached hydrogens (tertiary/aromatic N) is 2. The lowest BCUT2D eigenvalue weighted by atomic mass is 10.0. The summed E-state index contributed by atoms with van der Waals surface area (Å²) in [7, 11) is 1.77. The molecule has 2 atom stereocenters. The number of carbonyl (C=O) groups excluding carboxylic acids is 1. The summed E-state index contributed by atoms with van der Waals surface area (Å²) in [5.41, 5.74) is -0.497. The second-order valence-corrected chi connectivity index (χ2v) is 8.26. The molecule has 0 aromatic heterocycles. The predicted molar refractivity (Wildman–Crippen MR) is 123 cm³/mol. The molecule has 1 heterocycles. The van der Waals surface area contributed by atoms with Gasteiger partial charge in [-0.15, -0.1) is 24.0 Å². The van der Waals surface area contributed by atoms with Crippen molar-refractivity contribution in [2.24, 2.45) is 10.9 Å². The van der Waals surface area contributed by atoms with Crippen molar-refractivity contribution in [2.45, 2.75) is 72.1 Å². The van der Waals surface area contributed by atoms with Gasteiger partial charge in [-0.25, -0.2) is 4.79 Å². The maximum atomic E-state index is 12.0. The first-order valence-corrected chi connectivity index (χ1v) is 9.84. The van der Waals surface area contributed by atoms with Crippen LogP contribution in [-0.4, -0.2) is 67.9 Å². The van der Waals surface area contributed by atoms with Crippen LogP contribution in [0.15, 0.2) is 4.99 Å². The van der Waals surface area contributed by atoms with Gasteiger partial charge in [0.05, 0.1) is 6.04 Å². The molecule has 1 aliphatic rings. The SMILES string of the molecule is CCN1CCCC1CNC(=NC)NCC(NC(=O)OC(C)(C)C)C(C)C.I. The van der Waals surface area contributed by atoms with Gasteiger partial charge in [0.1, 0.15) is 5.60 Å². The monoisotopic (exact) mass is 497 g/mol. The zero-order chi connectivity index (χ0) is 19.7. The molecular weight excluding hydrogens is 457 g/mol. The van der Waals surface area contributed by atoms with E-state index in [2.05, 4.69) is 46.6 Å². The second kappa shape index (κ2) is 12.6. The topological polar surface area (TPSA) is 78.0 Å². The van der Waals surface area contributed by atoms with Crippen LogP contribution in [0.4, 0.5) is 4.79 Å². The molecule has 2 unspecified atom stereocenters. The number of likely N-dealkylation sites (tertiary alicyclic amines) is 1. The van der Waals surface area contributed by atoms with Crippen molar-refractivity contribution in [2.75, 3.05) is 33.2 Å². The number of guanidine groups is 1. The molecule has 0 bridgehead atoms. The van der Waals surface area contributed by atoms with Crippen molar-refractivity contribution in [3.8, 4) is 0 Å². The number of alkyl carbamates (subject to hydrolysis) is 1. The average molecular weight is 497 g/mol. The Bertz CT molecular complexity index is 466. The molecule has 1 amide bonds. The molecule has 160 valence electrons. The number of likely N-dealkylation sites (N-methyl/N-ethyl adjacent to an activating group) is 1. The van der Waals surface area contributed by atoms with Crippen LogP contribution in [0.1, 0.15) is 54.4 Å². The molecule has 8 heteroatoms. The number of amides is 1. The van der Waals surface area contributed by atoms with Crippen molar-refractivity contribution in [1.82, 2.24) is 20.9 Å². The number of hydrogen-bond donors (Lipinski definition) is 3. The summed E-state index contributed by atoms with van der Waals surface area (Å²) >= 11 is 0. The minimum Gasteiger partial charge on any atom is -0.444 e. The van der Waals surface area contributed by atoms with E-state index in [1.165, 1.54) is 19.4 Å². The van der Waals surface area contributed by atoms with Crippen LogP contribution in [-0.2, 0) is 4.74 Å². The average Bonchev–Trinajstić information content (AvgIpc) is 2.99. The Labute approximate surface area is 182 Å². The van der Waals surface area contributed by atoms with Gasteiger partial charge in [0.2, 0.25) is 0 Å². The third-order valence-corrected chi connectivity index (χ3v) is 4.63. The molecule has 7 nitrogen and oxygen atoms in total. The number of carbonyl (C=O) groups is 1. The van der Waals surface area contributed by atoms with Gasteiger partial charge in [0.15, 0.2) is 5.96 Å². The number of ether oxygens (including phenoxy) is 1. The van der Waals surface area contributed by atoms with E-state index in [-0.39, 0.29) is 42.0 Å². The minimum atomic E-state index is -0.497. The lowest BCUT2D eigenvalue weighted by Gasteiger charge is -2.27. The molecule has 0 aromatic carbocycles. The lowest BCUT2D eigenvalue weighted by molar-refractivity contribution is 0.0491. The highest BCUT2D eigenvalue weighted by molar-refractivity contribution is 14.0. The standard InChI is InChI=1S/C19H39N5O2.HI/c1-8-24-11-9-10-15(24)12-21-17(20-7)22-13-16(14(2)3)23-18(25)26-19(4,5)6;/h14-16H,8-13H2,1-7H3,(H,23,25)(H2,20,21,22);1H. The van der Waals surface area contributed by atoms with E-state index < -0.39 is 5.60 Å². The minimum absolute atomic E-state index is 0. The smallest absolute Gasteiger partial charge is 0.407 e. The maximum Gasteiger partial charge on any atom is 0.407 e. The highest BCUT2D eigenvalue weighted by Gasteiger charge is 2.24. The Kier molecular flexibility index (Phi) is 12.3. The lowest BCUT2D eigenvalue weighted by Crippen LogP contribution is -2.51. The highest BCUT2D eigenvalue weighted by atomic mass is 127. The van der Waals surface area contributed by atoms with Crippen LogP contribution in [0, 0.1) is 5.92 Å². The van der Waals surface area contributed by atoms with E-state index in [0.717, 1.165) is 19.0 Å². The zero-order valence-corrected chi connectivity index (χ0v) is 20.4. The van der Waals surface area contributed by atoms with Gasteiger partial charge in [0.25, 0.3) is 0 Å². The summed E-state index contributed by atoms with van der Waals surface area (Å²) in [6.07, 6.45) is 2.11. The van der Waals surface area contributed by atoms with Gasteiger partial charge in [-0.2, -0.15) is 0 Å². The van der Waals surface area contributed by atoms with Crippen LogP contribution in [0.2, 0.25) is 0 Å². The van der Waals surface area contributed by atoms with Crippen LogP contribution < -0.4 is 16.0 Å². The molecule has 1 aliphatic heterocycles. The highest BCUT2D eigenvalue weighted by Crippen LogP contribution is 2.15. The number of aliphatic imine (C=N–C) groups is 1. The summed E-state index contributed by atoms with van der Waals surface area (Å²) in [6.45, 7) is 15.7. The summed E-state index contributed by atoms with van der Waals surface area (Å²) in [5, 5.41) is 9.69. The van der Waals surface area contributed by atoms with Crippen molar-refractivity contribution >= 4 is 36.0 Å². The zero-order valence-electron chi connectivity index (χ0n) is 18.1. The summed E-state index contributed by atoms with van der Waals surface area (Å²) < 4.78 is 5.36. The molecule has 0 spiro atoms. The third-order valence-electron chi connectivity index (χ3n) is 4.63. The van der Waals surface area contributed by atoms with Crippen molar-refractivity contribution in [3.63, 3.8) is 0 Å². The molecule has 0 saturated carbocycles. The van der Waals surface area contributed by atoms with E-state index in [4.69, 9.17) is 4.74 Å². The molecule has 0 radical (unpaired) electrons. The van der Waals surface area contributed by atoms with Crippen LogP contribution in [0.25, 0.3) is 0 Å². The largest absolute Gasteiger partial charge is 0.444 e. The van der Waals surface area contributed by atoms with Gasteiger partial charge in [-0.3, -0.25) is 9.89 Å². The summed E-state index contributed by atoms with van der Waals surface area (Å²) in [6, 6.07) is 0.529. The number of hydrogen-bond acceptors (Lipinski definition) is 4. The van der Waals surface area contributed by atoms with E-state index in [1.807, 2.05) is 20.8 Å². The third kappa shape index (κ3) is 10.4. The Morgan fingerprint density at radius 2 is 1.96 bits per heavy atom. The summed E-state index contributed by atoms with van der Waals surface area (Å²) in [5.74, 6) is 1.04. The van der Waals surface area contributed by atoms with E-state index in [0.29, 0.717) is 12.6 Å². The Morgan fingerprint density at radius 3 is 2.48 bits per heavy atom. The van der Waals surface area contributed by atoms with Gasteiger partial charge in [0, 0.05) is 26.2 Å². The number of halogens is 1. The molecule has 3 N–H and O–H groups in total. The van der Waals surface area contributed by atoms with Crippen molar-refractivity contribution < 1.29 is 9.53 Å². The van der Waals surface area contributed by atoms with E-state index in [1.54, 1.807) is 7.05 Å². The molecule has 0 aliphatic carbocycles. The molecule has 1 rings (SSSR count). The van der Waals surface area contributed by atoms with Gasteiger partial charge in [-0.1, -0.05) is 20.8 Å². The molecular formula is C19H40IN5O2. The Hall–Kier alpha value is -0.770. The van der Waals surface area contributed by atoms with E-state index >= 15 is 0 Å². The summed E-state index contributed by atoms with van der Waals surface area (Å²) in [4.78, 5) is 18.8. The first-order valence-electron chi connectivity index (χ1n) is 9.84. The predicted octanol–water partition coefficient (Wildman–Crippen LogP) is 2.80. The molecule has 1 fully saturated rings. The van der Waals surface area contributed by atoms with Crippen molar-refractivity contribution in [1.29, 1.82) is 0 Å². The van der Waals surface area contributed by atoms with E-state index in [9.17, 15) is 4.79 Å². The van der Waals surface area contributed by atoms with Gasteiger partial charge >= 0.3 is 6.09 Å². The Balaban J connectivity index is 0.00000676. The number of rotatable bonds is 7. The van der Waals surface area contributed by atoms with Gasteiger partial charge in [-0.05, 0) is 52.6 Å². The van der Waals surface area contributed by atoms with Crippen LogP contribution in [0.5, 0.6) is 0 Å². The normalized spacial score (nSPS) is 19.4. The Morgan fingerprint density at radius 1 is 1.30 bits per heavy atom.